The smallest absolute Gasteiger partial charge is 0.137 e. The van der Waals surface area contributed by atoms with Crippen LogP contribution < -0.4 is 4.74 Å². The van der Waals surface area contributed by atoms with Crippen LogP contribution in [-0.4, -0.2) is 26.2 Å². The number of halogens is 1. The minimum Gasteiger partial charge on any atom is -0.497 e. The Balaban J connectivity index is 1.69. The molecule has 0 aliphatic carbocycles. The zero-order valence-electron chi connectivity index (χ0n) is 16.4. The van der Waals surface area contributed by atoms with Gasteiger partial charge in [0.2, 0.25) is 0 Å². The second-order valence-corrected chi connectivity index (χ2v) is 7.64. The largest absolute Gasteiger partial charge is 0.497 e. The number of ether oxygens (including phenoxy) is 1. The van der Waals surface area contributed by atoms with Crippen molar-refractivity contribution in [1.29, 1.82) is 0 Å². The molecule has 0 aliphatic heterocycles. The lowest BCUT2D eigenvalue weighted by Gasteiger charge is -2.10. The van der Waals surface area contributed by atoms with Gasteiger partial charge in [-0.1, -0.05) is 35.9 Å². The van der Waals surface area contributed by atoms with Gasteiger partial charge in [0.1, 0.15) is 10.9 Å². The summed E-state index contributed by atoms with van der Waals surface area (Å²) in [6, 6.07) is 14.4. The molecule has 0 aliphatic rings. The predicted molar refractivity (Wildman–Crippen MR) is 118 cm³/mol. The molecule has 0 saturated carbocycles. The summed E-state index contributed by atoms with van der Waals surface area (Å²) in [6.45, 7) is 3.80. The lowest BCUT2D eigenvalue weighted by Crippen LogP contribution is -2.03. The van der Waals surface area contributed by atoms with Crippen LogP contribution in [0.2, 0.25) is 5.15 Å². The average molecular weight is 405 g/mol. The van der Waals surface area contributed by atoms with E-state index in [1.165, 1.54) is 0 Å². The Labute approximate surface area is 173 Å². The molecular formula is C23H21ClN4O. The van der Waals surface area contributed by atoms with E-state index in [4.69, 9.17) is 21.3 Å². The van der Waals surface area contributed by atoms with Crippen molar-refractivity contribution in [2.24, 2.45) is 0 Å². The van der Waals surface area contributed by atoms with Crippen LogP contribution in [0.4, 0.5) is 0 Å². The Hall–Kier alpha value is -3.05. The zero-order valence-corrected chi connectivity index (χ0v) is 17.1. The van der Waals surface area contributed by atoms with Crippen LogP contribution in [-0.2, 0) is 13.1 Å². The summed E-state index contributed by atoms with van der Waals surface area (Å²) in [5.74, 6) is 0.816. The van der Waals surface area contributed by atoms with Crippen LogP contribution >= 0.6 is 11.6 Å². The van der Waals surface area contributed by atoms with E-state index in [-0.39, 0.29) is 0 Å². The maximum atomic E-state index is 6.54. The molecule has 3 aromatic heterocycles. The molecule has 0 spiro atoms. The Morgan fingerprint density at radius 1 is 1.03 bits per heavy atom. The Morgan fingerprint density at radius 3 is 2.62 bits per heavy atom. The van der Waals surface area contributed by atoms with Crippen molar-refractivity contribution in [1.82, 2.24) is 19.1 Å². The van der Waals surface area contributed by atoms with Crippen LogP contribution in [0.5, 0.6) is 5.75 Å². The van der Waals surface area contributed by atoms with Crippen molar-refractivity contribution >= 4 is 44.3 Å². The highest BCUT2D eigenvalue weighted by molar-refractivity contribution is 6.36. The number of pyridine rings is 1. The van der Waals surface area contributed by atoms with Crippen molar-refractivity contribution in [3.8, 4) is 5.75 Å². The van der Waals surface area contributed by atoms with Crippen LogP contribution in [0, 0.1) is 6.92 Å². The van der Waals surface area contributed by atoms with Gasteiger partial charge >= 0.3 is 0 Å². The molecule has 0 radical (unpaired) electrons. The number of aryl methyl sites for hydroxylation is 3. The molecule has 0 saturated heterocycles. The number of hydrogen-bond donors (Lipinski definition) is 0. The molecule has 0 atom stereocenters. The standard InChI is InChI=1S/C23H21ClN4O/c1-15-13-27(14-25-15)10-5-11-28-20-9-8-16(29-2)12-19(20)21-22(28)17-6-3-4-7-18(17)23(24)26-21/h3-4,6-9,12-14H,5,10-11H2,1-2H3. The van der Waals surface area contributed by atoms with Crippen LogP contribution in [0.3, 0.4) is 0 Å². The fourth-order valence-corrected chi connectivity index (χ4v) is 4.34. The maximum Gasteiger partial charge on any atom is 0.137 e. The molecular weight excluding hydrogens is 384 g/mol. The number of hydrogen-bond acceptors (Lipinski definition) is 3. The monoisotopic (exact) mass is 404 g/mol. The van der Waals surface area contributed by atoms with E-state index < -0.39 is 0 Å². The van der Waals surface area contributed by atoms with E-state index in [0.717, 1.165) is 63.7 Å². The number of methoxy groups -OCH3 is 1. The molecule has 29 heavy (non-hydrogen) atoms. The quantitative estimate of drug-likeness (QED) is 0.358. The van der Waals surface area contributed by atoms with Gasteiger partial charge in [-0.05, 0) is 31.5 Å². The summed E-state index contributed by atoms with van der Waals surface area (Å²) in [4.78, 5) is 9.09. The third-order valence-corrected chi connectivity index (χ3v) is 5.71. The molecule has 5 aromatic rings. The molecule has 146 valence electrons. The van der Waals surface area contributed by atoms with Crippen molar-refractivity contribution < 1.29 is 4.74 Å². The Bertz CT molecular complexity index is 1350. The highest BCUT2D eigenvalue weighted by Gasteiger charge is 2.17. The highest BCUT2D eigenvalue weighted by atomic mass is 35.5. The van der Waals surface area contributed by atoms with Crippen molar-refractivity contribution in [2.75, 3.05) is 7.11 Å². The molecule has 5 nitrogen and oxygen atoms in total. The highest BCUT2D eigenvalue weighted by Crippen LogP contribution is 2.37. The molecule has 0 unspecified atom stereocenters. The topological polar surface area (TPSA) is 44.9 Å². The van der Waals surface area contributed by atoms with Gasteiger partial charge in [0.25, 0.3) is 0 Å². The summed E-state index contributed by atoms with van der Waals surface area (Å²) in [5.41, 5.74) is 4.22. The molecule has 5 rings (SSSR count). The summed E-state index contributed by atoms with van der Waals surface area (Å²) in [6.07, 6.45) is 4.95. The number of benzene rings is 2. The number of fused-ring (bicyclic) bond motifs is 5. The third kappa shape index (κ3) is 3.02. The minimum absolute atomic E-state index is 0.531. The van der Waals surface area contributed by atoms with E-state index in [1.807, 2.05) is 37.5 Å². The van der Waals surface area contributed by atoms with E-state index >= 15 is 0 Å². The third-order valence-electron chi connectivity index (χ3n) is 5.42. The van der Waals surface area contributed by atoms with E-state index in [2.05, 4.69) is 38.5 Å². The van der Waals surface area contributed by atoms with Gasteiger partial charge in [0.15, 0.2) is 0 Å². The fourth-order valence-electron chi connectivity index (χ4n) is 4.09. The van der Waals surface area contributed by atoms with Gasteiger partial charge in [0, 0.05) is 35.4 Å². The second kappa shape index (κ2) is 7.08. The van der Waals surface area contributed by atoms with Gasteiger partial charge in [-0.3, -0.25) is 0 Å². The molecule has 6 heteroatoms. The minimum atomic E-state index is 0.531. The lowest BCUT2D eigenvalue weighted by molar-refractivity contribution is 0.415. The molecule has 3 heterocycles. The zero-order chi connectivity index (χ0) is 20.0. The van der Waals surface area contributed by atoms with Crippen LogP contribution in [0.25, 0.3) is 32.7 Å². The normalized spacial score (nSPS) is 11.7. The van der Waals surface area contributed by atoms with Crippen molar-refractivity contribution in [2.45, 2.75) is 26.4 Å². The van der Waals surface area contributed by atoms with Gasteiger partial charge in [-0.2, -0.15) is 0 Å². The maximum absolute atomic E-state index is 6.54. The van der Waals surface area contributed by atoms with E-state index in [1.54, 1.807) is 7.11 Å². The molecule has 2 aromatic carbocycles. The summed E-state index contributed by atoms with van der Waals surface area (Å²) >= 11 is 6.54. The average Bonchev–Trinajstić information content (AvgIpc) is 3.29. The number of aromatic nitrogens is 4. The summed E-state index contributed by atoms with van der Waals surface area (Å²) in [5, 5.41) is 3.69. The molecule has 0 N–H and O–H groups in total. The van der Waals surface area contributed by atoms with Crippen LogP contribution in [0.15, 0.2) is 55.0 Å². The number of imidazole rings is 1. The van der Waals surface area contributed by atoms with Crippen molar-refractivity contribution in [3.63, 3.8) is 0 Å². The van der Waals surface area contributed by atoms with E-state index in [0.29, 0.717) is 5.15 Å². The fraction of sp³-hybridized carbons (Fsp3) is 0.217. The van der Waals surface area contributed by atoms with Gasteiger partial charge < -0.3 is 13.9 Å². The van der Waals surface area contributed by atoms with Crippen molar-refractivity contribution in [3.05, 3.63) is 65.8 Å². The number of rotatable bonds is 5. The summed E-state index contributed by atoms with van der Waals surface area (Å²) in [7, 11) is 1.68. The lowest BCUT2D eigenvalue weighted by atomic mass is 10.1. The van der Waals surface area contributed by atoms with Gasteiger partial charge in [-0.15, -0.1) is 0 Å². The van der Waals surface area contributed by atoms with Gasteiger partial charge in [-0.25, -0.2) is 9.97 Å². The summed E-state index contributed by atoms with van der Waals surface area (Å²) < 4.78 is 9.96. The predicted octanol–water partition coefficient (Wildman–Crippen LogP) is 5.60. The van der Waals surface area contributed by atoms with Gasteiger partial charge in [0.05, 0.1) is 35.7 Å². The second-order valence-electron chi connectivity index (χ2n) is 7.29. The van der Waals surface area contributed by atoms with E-state index in [9.17, 15) is 0 Å². The Kier molecular flexibility index (Phi) is 4.40. The number of nitrogens with zero attached hydrogens (tertiary/aromatic N) is 4. The SMILES string of the molecule is COc1ccc2c(c1)c1nc(Cl)c3ccccc3c1n2CCCn1cnc(C)c1. The first-order valence-electron chi connectivity index (χ1n) is 9.68. The van der Waals surface area contributed by atoms with Crippen LogP contribution in [0.1, 0.15) is 12.1 Å². The first-order valence-corrected chi connectivity index (χ1v) is 10.1. The first kappa shape index (κ1) is 18.0. The first-order chi connectivity index (χ1) is 14.2. The Morgan fingerprint density at radius 2 is 1.86 bits per heavy atom. The molecule has 0 amide bonds. The molecule has 0 fully saturated rings. The molecule has 0 bridgehead atoms.